The van der Waals surface area contributed by atoms with Crippen molar-refractivity contribution >= 4 is 27.5 Å². The molecule has 0 saturated heterocycles. The van der Waals surface area contributed by atoms with Gasteiger partial charge in [0.15, 0.2) is 0 Å². The van der Waals surface area contributed by atoms with Crippen LogP contribution in [0, 0.1) is 5.82 Å². The molecule has 190 valence electrons. The van der Waals surface area contributed by atoms with E-state index in [2.05, 4.69) is 5.32 Å². The van der Waals surface area contributed by atoms with Crippen LogP contribution < -0.4 is 14.4 Å². The molecule has 0 fully saturated rings. The van der Waals surface area contributed by atoms with E-state index in [4.69, 9.17) is 4.74 Å². The van der Waals surface area contributed by atoms with Gasteiger partial charge in [-0.2, -0.15) is 0 Å². The summed E-state index contributed by atoms with van der Waals surface area (Å²) < 4.78 is 47.8. The molecule has 3 rings (SSSR count). The molecule has 3 aromatic rings. The molecule has 0 radical (unpaired) electrons. The quantitative estimate of drug-likeness (QED) is 0.449. The Morgan fingerprint density at radius 3 is 2.17 bits per heavy atom. The van der Waals surface area contributed by atoms with Crippen molar-refractivity contribution < 1.29 is 27.1 Å². The maximum atomic E-state index is 14.4. The third kappa shape index (κ3) is 6.01. The Labute approximate surface area is 210 Å². The first-order chi connectivity index (χ1) is 17.2. The standard InChI is InChI=1S/C26H28FN3O5S/c1-19(26(32)28-2)29(17-20-9-7-8-12-24(20)27)25(31)18-30(21-10-5-4-6-11-21)36(33,34)23-15-13-22(35-3)14-16-23/h4-16,19H,17-18H2,1-3H3,(H,28,32)/t19-/m0/s1. The fourth-order valence-corrected chi connectivity index (χ4v) is 5.01. The molecule has 10 heteroatoms. The minimum atomic E-state index is -4.18. The number of ether oxygens (including phenoxy) is 1. The number of hydrogen-bond donors (Lipinski definition) is 1. The van der Waals surface area contributed by atoms with E-state index in [9.17, 15) is 22.4 Å². The number of benzene rings is 3. The van der Waals surface area contributed by atoms with Gasteiger partial charge in [-0.3, -0.25) is 13.9 Å². The van der Waals surface area contributed by atoms with Crippen LogP contribution in [0.25, 0.3) is 0 Å². The zero-order valence-corrected chi connectivity index (χ0v) is 21.0. The lowest BCUT2D eigenvalue weighted by Crippen LogP contribution is -2.50. The van der Waals surface area contributed by atoms with Gasteiger partial charge in [0, 0.05) is 19.2 Å². The number of carbonyl (C=O) groups is 2. The first kappa shape index (κ1) is 26.7. The molecule has 0 aliphatic carbocycles. The van der Waals surface area contributed by atoms with Crippen LogP contribution in [0.4, 0.5) is 10.1 Å². The third-order valence-corrected chi connectivity index (χ3v) is 7.47. The lowest BCUT2D eigenvalue weighted by atomic mass is 10.1. The number of carbonyl (C=O) groups excluding carboxylic acids is 2. The van der Waals surface area contributed by atoms with Crippen molar-refractivity contribution in [2.45, 2.75) is 24.4 Å². The molecular weight excluding hydrogens is 485 g/mol. The molecule has 1 N–H and O–H groups in total. The molecule has 0 heterocycles. The summed E-state index contributed by atoms with van der Waals surface area (Å²) in [5.41, 5.74) is 0.464. The number of sulfonamides is 1. The number of halogens is 1. The highest BCUT2D eigenvalue weighted by atomic mass is 32.2. The normalized spacial score (nSPS) is 11.9. The fraction of sp³-hybridized carbons (Fsp3) is 0.231. The molecule has 1 atom stereocenters. The summed E-state index contributed by atoms with van der Waals surface area (Å²) in [6, 6.07) is 18.9. The van der Waals surface area contributed by atoms with E-state index in [1.807, 2.05) is 0 Å². The fourth-order valence-electron chi connectivity index (χ4n) is 3.60. The van der Waals surface area contributed by atoms with E-state index >= 15 is 0 Å². The highest BCUT2D eigenvalue weighted by molar-refractivity contribution is 7.92. The maximum Gasteiger partial charge on any atom is 0.264 e. The van der Waals surface area contributed by atoms with Gasteiger partial charge in [0.05, 0.1) is 17.7 Å². The summed E-state index contributed by atoms with van der Waals surface area (Å²) in [4.78, 5) is 27.1. The van der Waals surface area contributed by atoms with Gasteiger partial charge < -0.3 is 15.0 Å². The Hall–Kier alpha value is -3.92. The molecule has 0 aliphatic heterocycles. The smallest absolute Gasteiger partial charge is 0.264 e. The molecule has 3 aromatic carbocycles. The van der Waals surface area contributed by atoms with Crippen molar-refractivity contribution in [1.82, 2.24) is 10.2 Å². The molecule has 0 spiro atoms. The minimum Gasteiger partial charge on any atom is -0.497 e. The largest absolute Gasteiger partial charge is 0.497 e. The Balaban J connectivity index is 2.01. The summed E-state index contributed by atoms with van der Waals surface area (Å²) >= 11 is 0. The van der Waals surface area contributed by atoms with Crippen LogP contribution >= 0.6 is 0 Å². The zero-order chi connectivity index (χ0) is 26.3. The number of amides is 2. The number of para-hydroxylation sites is 1. The number of likely N-dealkylation sites (N-methyl/N-ethyl adjacent to an activating group) is 1. The van der Waals surface area contributed by atoms with Crippen molar-refractivity contribution in [2.75, 3.05) is 25.0 Å². The molecule has 36 heavy (non-hydrogen) atoms. The molecule has 0 saturated carbocycles. The van der Waals surface area contributed by atoms with Gasteiger partial charge in [0.2, 0.25) is 11.8 Å². The van der Waals surface area contributed by atoms with Crippen LogP contribution in [0.5, 0.6) is 5.75 Å². The van der Waals surface area contributed by atoms with Gasteiger partial charge in [-0.25, -0.2) is 12.8 Å². The van der Waals surface area contributed by atoms with Crippen LogP contribution in [0.2, 0.25) is 0 Å². The minimum absolute atomic E-state index is 0.0417. The predicted octanol–water partition coefficient (Wildman–Crippen LogP) is 3.19. The van der Waals surface area contributed by atoms with Crippen molar-refractivity contribution in [3.63, 3.8) is 0 Å². The summed E-state index contributed by atoms with van der Waals surface area (Å²) in [5, 5.41) is 2.48. The van der Waals surface area contributed by atoms with E-state index in [-0.39, 0.29) is 22.7 Å². The Bertz CT molecular complexity index is 1300. The second-order valence-electron chi connectivity index (χ2n) is 7.93. The van der Waals surface area contributed by atoms with Crippen LogP contribution in [0.15, 0.2) is 83.8 Å². The Morgan fingerprint density at radius 1 is 0.972 bits per heavy atom. The topological polar surface area (TPSA) is 96.0 Å². The molecule has 2 amide bonds. The molecule has 0 aliphatic rings. The maximum absolute atomic E-state index is 14.4. The van der Waals surface area contributed by atoms with E-state index in [0.29, 0.717) is 5.75 Å². The van der Waals surface area contributed by atoms with E-state index in [1.54, 1.807) is 36.4 Å². The van der Waals surface area contributed by atoms with Gasteiger partial charge in [-0.1, -0.05) is 36.4 Å². The average Bonchev–Trinajstić information content (AvgIpc) is 2.90. The summed E-state index contributed by atoms with van der Waals surface area (Å²) in [6.07, 6.45) is 0. The van der Waals surface area contributed by atoms with E-state index < -0.39 is 40.2 Å². The van der Waals surface area contributed by atoms with E-state index in [0.717, 1.165) is 9.21 Å². The molecule has 8 nitrogen and oxygen atoms in total. The van der Waals surface area contributed by atoms with Gasteiger partial charge in [0.25, 0.3) is 10.0 Å². The lowest BCUT2D eigenvalue weighted by Gasteiger charge is -2.31. The Kier molecular flexibility index (Phi) is 8.65. The van der Waals surface area contributed by atoms with Crippen molar-refractivity contribution in [3.05, 3.63) is 90.2 Å². The third-order valence-electron chi connectivity index (χ3n) is 5.68. The number of hydrogen-bond acceptors (Lipinski definition) is 5. The van der Waals surface area contributed by atoms with Crippen LogP contribution in [-0.4, -0.2) is 51.9 Å². The first-order valence-electron chi connectivity index (χ1n) is 11.2. The molecular formula is C26H28FN3O5S. The van der Waals surface area contributed by atoms with Crippen molar-refractivity contribution in [3.8, 4) is 5.75 Å². The van der Waals surface area contributed by atoms with E-state index in [1.165, 1.54) is 63.5 Å². The Morgan fingerprint density at radius 2 is 1.58 bits per heavy atom. The number of anilines is 1. The second kappa shape index (κ2) is 11.7. The summed E-state index contributed by atoms with van der Waals surface area (Å²) in [6.45, 7) is 0.682. The number of nitrogens with one attached hydrogen (secondary N) is 1. The molecule has 0 unspecified atom stereocenters. The molecule has 0 aromatic heterocycles. The van der Waals surface area contributed by atoms with Crippen molar-refractivity contribution in [2.24, 2.45) is 0 Å². The second-order valence-corrected chi connectivity index (χ2v) is 9.79. The van der Waals surface area contributed by atoms with Crippen LogP contribution in [-0.2, 0) is 26.2 Å². The highest BCUT2D eigenvalue weighted by Gasteiger charge is 2.32. The number of nitrogens with zero attached hydrogens (tertiary/aromatic N) is 2. The lowest BCUT2D eigenvalue weighted by molar-refractivity contribution is -0.139. The van der Waals surface area contributed by atoms with Gasteiger partial charge >= 0.3 is 0 Å². The van der Waals surface area contributed by atoms with Crippen LogP contribution in [0.1, 0.15) is 12.5 Å². The first-order valence-corrected chi connectivity index (χ1v) is 12.6. The number of rotatable bonds is 10. The van der Waals surface area contributed by atoms with Gasteiger partial charge in [0.1, 0.15) is 24.2 Å². The number of methoxy groups -OCH3 is 1. The highest BCUT2D eigenvalue weighted by Crippen LogP contribution is 2.26. The monoisotopic (exact) mass is 513 g/mol. The van der Waals surface area contributed by atoms with Gasteiger partial charge in [-0.15, -0.1) is 0 Å². The average molecular weight is 514 g/mol. The summed E-state index contributed by atoms with van der Waals surface area (Å²) in [5.74, 6) is -1.20. The van der Waals surface area contributed by atoms with Crippen molar-refractivity contribution in [1.29, 1.82) is 0 Å². The van der Waals surface area contributed by atoms with Crippen LogP contribution in [0.3, 0.4) is 0 Å². The van der Waals surface area contributed by atoms with Gasteiger partial charge in [-0.05, 0) is 49.4 Å². The SMILES string of the molecule is CNC(=O)[C@H](C)N(Cc1ccccc1F)C(=O)CN(c1ccccc1)S(=O)(=O)c1ccc(OC)cc1. The predicted molar refractivity (Wildman–Crippen MR) is 134 cm³/mol. The zero-order valence-electron chi connectivity index (χ0n) is 20.2. The molecule has 0 bridgehead atoms. The summed E-state index contributed by atoms with van der Waals surface area (Å²) in [7, 11) is -1.29.